The Morgan fingerprint density at radius 2 is 2.50 bits per heavy atom. The molecule has 3 N–H and O–H groups in total. The molecule has 2 atom stereocenters. The van der Waals surface area contributed by atoms with Crippen LogP contribution in [0.25, 0.3) is 0 Å². The second kappa shape index (κ2) is 2.49. The zero-order valence-electron chi connectivity index (χ0n) is 6.16. The molecule has 0 radical (unpaired) electrons. The fourth-order valence-corrected chi connectivity index (χ4v) is 2.19. The summed E-state index contributed by atoms with van der Waals surface area (Å²) in [6.45, 7) is 3.66. The summed E-state index contributed by atoms with van der Waals surface area (Å²) >= 11 is 0. The molecule has 2 bridgehead atoms. The predicted molar refractivity (Wildman–Crippen MR) is 37.6 cm³/mol. The summed E-state index contributed by atoms with van der Waals surface area (Å²) in [4.78, 5) is 2.41. The number of nitrogens with two attached hydrogens (primary N) is 1. The van der Waals surface area contributed by atoms with Gasteiger partial charge in [-0.3, -0.25) is 4.90 Å². The van der Waals surface area contributed by atoms with Crippen molar-refractivity contribution in [1.82, 2.24) is 4.90 Å². The van der Waals surface area contributed by atoms with Crippen molar-refractivity contribution in [2.75, 3.05) is 26.2 Å². The zero-order valence-corrected chi connectivity index (χ0v) is 6.16. The Hall–Kier alpha value is -0.120. The Morgan fingerprint density at radius 1 is 1.60 bits per heavy atom. The molecule has 10 heavy (non-hydrogen) atoms. The normalized spacial score (nSPS) is 39.3. The molecule has 2 rings (SSSR count). The van der Waals surface area contributed by atoms with E-state index < -0.39 is 0 Å². The maximum Gasteiger partial charge on any atom is 0.101 e. The number of nitrogens with zero attached hydrogens (tertiary/aromatic N) is 1. The average Bonchev–Trinajstić information content (AvgIpc) is 2.48. The monoisotopic (exact) mass is 143 g/mol. The number of piperazine rings is 1. The first kappa shape index (κ1) is 6.58. The minimum absolute atomic E-state index is 0.323. The lowest BCUT2D eigenvalue weighted by Crippen LogP contribution is -2.90. The van der Waals surface area contributed by atoms with Crippen LogP contribution in [0.4, 0.5) is 0 Å². The van der Waals surface area contributed by atoms with Crippen molar-refractivity contribution >= 4 is 0 Å². The highest BCUT2D eigenvalue weighted by Gasteiger charge is 2.40. The summed E-state index contributed by atoms with van der Waals surface area (Å²) in [5.41, 5.74) is 0. The molecular weight excluding hydrogens is 128 g/mol. The molecule has 3 heteroatoms. The Labute approximate surface area is 61.0 Å². The quantitative estimate of drug-likeness (QED) is 0.469. The predicted octanol–water partition coefficient (Wildman–Crippen LogP) is -2.00. The van der Waals surface area contributed by atoms with Crippen LogP contribution in [0.15, 0.2) is 0 Å². The van der Waals surface area contributed by atoms with Gasteiger partial charge in [0.1, 0.15) is 6.04 Å². The molecule has 0 saturated carbocycles. The molecule has 0 aromatic carbocycles. The van der Waals surface area contributed by atoms with Gasteiger partial charge < -0.3 is 10.4 Å². The van der Waals surface area contributed by atoms with E-state index >= 15 is 0 Å². The Balaban J connectivity index is 1.90. The number of fused-ring (bicyclic) bond motifs is 2. The molecule has 2 saturated heterocycles. The van der Waals surface area contributed by atoms with E-state index in [0.29, 0.717) is 6.61 Å². The lowest BCUT2D eigenvalue weighted by molar-refractivity contribution is -0.677. The van der Waals surface area contributed by atoms with Crippen molar-refractivity contribution in [3.05, 3.63) is 0 Å². The zero-order chi connectivity index (χ0) is 6.97. The highest BCUT2D eigenvalue weighted by Crippen LogP contribution is 2.17. The van der Waals surface area contributed by atoms with E-state index in [1.807, 2.05) is 0 Å². The standard InChI is InChI=1S/C7H14N2O/c10-2-1-9-5-6-3-7(9)4-8-6/h6-8,10H,1-5H2/p+1. The molecule has 2 aliphatic heterocycles. The van der Waals surface area contributed by atoms with Crippen LogP contribution >= 0.6 is 0 Å². The van der Waals surface area contributed by atoms with E-state index in [-0.39, 0.29) is 0 Å². The number of β-amino-alcohol motifs (C(OH)–C–C–N with tert-alkyl or cyclic N) is 1. The van der Waals surface area contributed by atoms with Crippen molar-refractivity contribution in [2.45, 2.75) is 18.5 Å². The Bertz CT molecular complexity index is 129. The van der Waals surface area contributed by atoms with Crippen LogP contribution in [0, 0.1) is 0 Å². The van der Waals surface area contributed by atoms with E-state index in [9.17, 15) is 0 Å². The van der Waals surface area contributed by atoms with Crippen LogP contribution in [0.3, 0.4) is 0 Å². The summed E-state index contributed by atoms with van der Waals surface area (Å²) < 4.78 is 0. The van der Waals surface area contributed by atoms with Crippen molar-refractivity contribution in [1.29, 1.82) is 0 Å². The largest absolute Gasteiger partial charge is 0.395 e. The second-order valence-electron chi connectivity index (χ2n) is 3.34. The summed E-state index contributed by atoms with van der Waals surface area (Å²) in [5.74, 6) is 0. The van der Waals surface area contributed by atoms with Crippen LogP contribution in [0.2, 0.25) is 0 Å². The third-order valence-corrected chi connectivity index (χ3v) is 2.69. The molecule has 0 aliphatic carbocycles. The summed E-state index contributed by atoms with van der Waals surface area (Å²) in [5, 5.41) is 11.1. The average molecular weight is 143 g/mol. The molecular formula is C7H15N2O+. The molecule has 2 unspecified atom stereocenters. The molecule has 2 fully saturated rings. The van der Waals surface area contributed by atoms with E-state index in [0.717, 1.165) is 18.6 Å². The number of quaternary nitrogens is 1. The van der Waals surface area contributed by atoms with Crippen LogP contribution in [0.1, 0.15) is 6.42 Å². The molecule has 0 amide bonds. The van der Waals surface area contributed by atoms with Gasteiger partial charge in [-0.1, -0.05) is 0 Å². The maximum atomic E-state index is 8.70. The van der Waals surface area contributed by atoms with Gasteiger partial charge in [-0.15, -0.1) is 0 Å². The summed E-state index contributed by atoms with van der Waals surface area (Å²) in [7, 11) is 0. The third-order valence-electron chi connectivity index (χ3n) is 2.69. The van der Waals surface area contributed by atoms with Gasteiger partial charge in [-0.25, -0.2) is 0 Å². The molecule has 0 aromatic rings. The molecule has 0 spiro atoms. The third kappa shape index (κ3) is 0.944. The highest BCUT2D eigenvalue weighted by atomic mass is 16.3. The van der Waals surface area contributed by atoms with Crippen molar-refractivity contribution in [2.24, 2.45) is 0 Å². The molecule has 58 valence electrons. The van der Waals surface area contributed by atoms with Gasteiger partial charge in [-0.05, 0) is 0 Å². The van der Waals surface area contributed by atoms with Crippen LogP contribution in [-0.2, 0) is 0 Å². The van der Waals surface area contributed by atoms with Crippen molar-refractivity contribution in [3.63, 3.8) is 0 Å². The molecule has 3 nitrogen and oxygen atoms in total. The minimum Gasteiger partial charge on any atom is -0.395 e. The number of aliphatic hydroxyl groups excluding tert-OH is 1. The number of hydrogen-bond acceptors (Lipinski definition) is 2. The van der Waals surface area contributed by atoms with Gasteiger partial charge in [0.2, 0.25) is 0 Å². The fourth-order valence-electron chi connectivity index (χ4n) is 2.19. The minimum atomic E-state index is 0.323. The molecule has 2 heterocycles. The van der Waals surface area contributed by atoms with Crippen LogP contribution < -0.4 is 5.32 Å². The van der Waals surface area contributed by atoms with Gasteiger partial charge in [0, 0.05) is 13.0 Å². The van der Waals surface area contributed by atoms with Crippen LogP contribution in [0.5, 0.6) is 0 Å². The first-order valence-corrected chi connectivity index (χ1v) is 4.08. The van der Waals surface area contributed by atoms with Crippen LogP contribution in [-0.4, -0.2) is 48.3 Å². The summed E-state index contributed by atoms with van der Waals surface area (Å²) in [6.07, 6.45) is 1.35. The van der Waals surface area contributed by atoms with Crippen molar-refractivity contribution < 1.29 is 10.4 Å². The van der Waals surface area contributed by atoms with E-state index in [1.165, 1.54) is 19.5 Å². The lowest BCUT2D eigenvalue weighted by atomic mass is 10.2. The number of likely N-dealkylation sites (tertiary alicyclic amines) is 1. The van der Waals surface area contributed by atoms with Gasteiger partial charge in [-0.2, -0.15) is 0 Å². The van der Waals surface area contributed by atoms with Gasteiger partial charge >= 0.3 is 0 Å². The van der Waals surface area contributed by atoms with E-state index in [4.69, 9.17) is 5.11 Å². The van der Waals surface area contributed by atoms with Crippen molar-refractivity contribution in [3.8, 4) is 0 Å². The molecule has 0 aromatic heterocycles. The Kier molecular flexibility index (Phi) is 1.64. The summed E-state index contributed by atoms with van der Waals surface area (Å²) in [6, 6.07) is 1.62. The Morgan fingerprint density at radius 3 is 3.00 bits per heavy atom. The van der Waals surface area contributed by atoms with E-state index in [1.54, 1.807) is 0 Å². The molecule has 2 aliphatic rings. The maximum absolute atomic E-state index is 8.70. The number of rotatable bonds is 2. The number of aliphatic hydroxyl groups is 1. The van der Waals surface area contributed by atoms with Gasteiger partial charge in [0.15, 0.2) is 0 Å². The number of hydrogen-bond donors (Lipinski definition) is 2. The fraction of sp³-hybridized carbons (Fsp3) is 1.00. The second-order valence-corrected chi connectivity index (χ2v) is 3.34. The smallest absolute Gasteiger partial charge is 0.101 e. The van der Waals surface area contributed by atoms with Gasteiger partial charge in [0.25, 0.3) is 0 Å². The highest BCUT2D eigenvalue weighted by molar-refractivity contribution is 4.87. The first-order chi connectivity index (χ1) is 4.90. The SMILES string of the molecule is OCCN1CC2CC1C[NH2+]2. The first-order valence-electron chi connectivity index (χ1n) is 4.08. The van der Waals surface area contributed by atoms with E-state index in [2.05, 4.69) is 10.2 Å². The van der Waals surface area contributed by atoms with Gasteiger partial charge in [0.05, 0.1) is 25.7 Å². The topological polar surface area (TPSA) is 40.1 Å². The lowest BCUT2D eigenvalue weighted by Gasteiger charge is -2.23.